The van der Waals surface area contributed by atoms with Gasteiger partial charge in [0.15, 0.2) is 5.69 Å². The minimum atomic E-state index is -5.05. The zero-order valence-corrected chi connectivity index (χ0v) is 21.7. The van der Waals surface area contributed by atoms with Gasteiger partial charge in [-0.15, -0.1) is 10.2 Å². The first-order chi connectivity index (χ1) is 19.8. The summed E-state index contributed by atoms with van der Waals surface area (Å²) in [6, 6.07) is 10.6. The highest BCUT2D eigenvalue weighted by molar-refractivity contribution is 6.33. The van der Waals surface area contributed by atoms with Crippen LogP contribution in [0.4, 0.5) is 32.0 Å². The van der Waals surface area contributed by atoms with E-state index < -0.39 is 35.8 Å². The summed E-state index contributed by atoms with van der Waals surface area (Å²) < 4.78 is 81.9. The highest BCUT2D eigenvalue weighted by atomic mass is 35.5. The van der Waals surface area contributed by atoms with Gasteiger partial charge in [0.1, 0.15) is 11.4 Å². The Kier molecular flexibility index (Phi) is 7.41. The van der Waals surface area contributed by atoms with Crippen molar-refractivity contribution in [2.45, 2.75) is 18.9 Å². The molecule has 0 amide bonds. The minimum absolute atomic E-state index is 0.00492. The van der Waals surface area contributed by atoms with Crippen molar-refractivity contribution in [2.24, 2.45) is 0 Å². The number of nitrogens with zero attached hydrogens (tertiary/aromatic N) is 6. The van der Waals surface area contributed by atoms with Crippen LogP contribution in [0.1, 0.15) is 32.7 Å². The largest absolute Gasteiger partial charge is 0.416 e. The fourth-order valence-electron chi connectivity index (χ4n) is 4.25. The molecular formula is C27H16ClF6N7O. The lowest BCUT2D eigenvalue weighted by Gasteiger charge is -2.15. The number of rotatable bonds is 6. The number of anilines is 1. The molecule has 3 aromatic heterocycles. The molecule has 5 rings (SSSR count). The Morgan fingerprint density at radius 2 is 1.55 bits per heavy atom. The molecule has 3 heterocycles. The van der Waals surface area contributed by atoms with Crippen LogP contribution >= 0.6 is 11.6 Å². The third-order valence-electron chi connectivity index (χ3n) is 6.12. The highest BCUT2D eigenvalue weighted by Gasteiger charge is 2.37. The van der Waals surface area contributed by atoms with Crippen LogP contribution in [0.5, 0.6) is 0 Å². The minimum Gasteiger partial charge on any atom is -0.397 e. The molecule has 214 valence electrons. The van der Waals surface area contributed by atoms with Gasteiger partial charge in [-0.05, 0) is 42.0 Å². The van der Waals surface area contributed by atoms with E-state index in [0.29, 0.717) is 23.3 Å². The molecule has 0 aliphatic heterocycles. The van der Waals surface area contributed by atoms with E-state index >= 15 is 0 Å². The first-order valence-electron chi connectivity index (χ1n) is 11.9. The van der Waals surface area contributed by atoms with Crippen LogP contribution in [0.2, 0.25) is 5.02 Å². The third-order valence-corrected chi connectivity index (χ3v) is 6.45. The van der Waals surface area contributed by atoms with Gasteiger partial charge in [-0.3, -0.25) is 9.78 Å². The molecule has 0 spiro atoms. The maximum absolute atomic E-state index is 14.0. The molecule has 0 saturated carbocycles. The summed E-state index contributed by atoms with van der Waals surface area (Å²) in [5.41, 5.74) is 2.95. The van der Waals surface area contributed by atoms with Gasteiger partial charge < -0.3 is 5.73 Å². The van der Waals surface area contributed by atoms with Crippen LogP contribution < -0.4 is 5.73 Å². The number of hydrogen-bond acceptors (Lipinski definition) is 7. The maximum Gasteiger partial charge on any atom is 0.416 e. The first kappa shape index (κ1) is 28.7. The molecule has 8 nitrogen and oxygen atoms in total. The molecule has 0 unspecified atom stereocenters. The Balaban J connectivity index is 1.67. The van der Waals surface area contributed by atoms with E-state index in [1.807, 2.05) is 0 Å². The molecule has 0 fully saturated rings. The van der Waals surface area contributed by atoms with Gasteiger partial charge in [-0.25, -0.2) is 4.68 Å². The second kappa shape index (κ2) is 10.9. The summed E-state index contributed by atoms with van der Waals surface area (Å²) in [4.78, 5) is 17.9. The monoisotopic (exact) mass is 603 g/mol. The molecule has 0 bridgehead atoms. The molecule has 5 aromatic rings. The fraction of sp³-hybridized carbons (Fsp3) is 0.111. The van der Waals surface area contributed by atoms with Crippen molar-refractivity contribution in [3.05, 3.63) is 106 Å². The number of ketones is 1. The number of halogens is 7. The average molecular weight is 604 g/mol. The summed E-state index contributed by atoms with van der Waals surface area (Å²) in [5, 5.41) is 16.0. The van der Waals surface area contributed by atoms with E-state index in [2.05, 4.69) is 25.5 Å². The number of nitrogen functional groups attached to an aromatic ring is 1. The standard InChI is InChI=1S/C27H16ClF6N7O/c28-19-4-2-1-3-18(19)22-21(20(35)12-37-38-22)25(42)23-24(15-5-7-36-8-6-15)41(40-39-23)13-14-9-16(26(29,30)31)11-17(10-14)27(32,33)34/h1-12H,13H2,(H2,35,38). The molecule has 0 radical (unpaired) electrons. The second-order valence-corrected chi connectivity index (χ2v) is 9.33. The van der Waals surface area contributed by atoms with Gasteiger partial charge in [-0.2, -0.15) is 31.4 Å². The molecular weight excluding hydrogens is 588 g/mol. The third kappa shape index (κ3) is 5.65. The quantitative estimate of drug-likeness (QED) is 0.178. The molecule has 15 heteroatoms. The van der Waals surface area contributed by atoms with Crippen LogP contribution in [0, 0.1) is 0 Å². The first-order valence-corrected chi connectivity index (χ1v) is 12.3. The summed E-state index contributed by atoms with van der Waals surface area (Å²) >= 11 is 6.33. The van der Waals surface area contributed by atoms with Crippen molar-refractivity contribution < 1.29 is 31.1 Å². The van der Waals surface area contributed by atoms with Crippen LogP contribution in [0.15, 0.2) is 73.2 Å². The van der Waals surface area contributed by atoms with Crippen LogP contribution in [0.3, 0.4) is 0 Å². The Morgan fingerprint density at radius 3 is 2.17 bits per heavy atom. The molecule has 2 N–H and O–H groups in total. The number of aromatic nitrogens is 6. The van der Waals surface area contributed by atoms with E-state index in [1.165, 1.54) is 24.5 Å². The van der Waals surface area contributed by atoms with E-state index in [1.54, 1.807) is 24.3 Å². The lowest BCUT2D eigenvalue weighted by atomic mass is 9.98. The Hall–Kier alpha value is -4.85. The Morgan fingerprint density at radius 1 is 0.905 bits per heavy atom. The molecule has 2 aromatic carbocycles. The SMILES string of the molecule is Nc1cnnc(-c2ccccc2Cl)c1C(=O)c1nnn(Cc2cc(C(F)(F)F)cc(C(F)(F)F)c2)c1-c1ccncc1. The summed E-state index contributed by atoms with van der Waals surface area (Å²) in [6.07, 6.45) is -6.19. The van der Waals surface area contributed by atoms with Crippen molar-refractivity contribution >= 4 is 23.1 Å². The maximum atomic E-state index is 14.0. The van der Waals surface area contributed by atoms with Gasteiger partial charge in [-0.1, -0.05) is 35.0 Å². The summed E-state index contributed by atoms with van der Waals surface area (Å²) in [5.74, 6) is -0.782. The number of carbonyl (C=O) groups excluding carboxylic acids is 1. The molecule has 0 aliphatic rings. The molecule has 0 atom stereocenters. The van der Waals surface area contributed by atoms with Gasteiger partial charge >= 0.3 is 12.4 Å². The topological polar surface area (TPSA) is 112 Å². The number of benzene rings is 2. The lowest BCUT2D eigenvalue weighted by Crippen LogP contribution is -2.14. The van der Waals surface area contributed by atoms with E-state index in [9.17, 15) is 31.1 Å². The summed E-state index contributed by atoms with van der Waals surface area (Å²) in [6.45, 7) is -0.591. The van der Waals surface area contributed by atoms with E-state index in [4.69, 9.17) is 17.3 Å². The van der Waals surface area contributed by atoms with Gasteiger partial charge in [0.05, 0.1) is 40.1 Å². The zero-order chi connectivity index (χ0) is 30.2. The number of alkyl halides is 6. The van der Waals surface area contributed by atoms with Crippen LogP contribution in [-0.4, -0.2) is 36.0 Å². The Bertz CT molecular complexity index is 1760. The van der Waals surface area contributed by atoms with Crippen molar-refractivity contribution in [1.82, 2.24) is 30.2 Å². The molecule has 0 aliphatic carbocycles. The lowest BCUT2D eigenvalue weighted by molar-refractivity contribution is -0.143. The predicted octanol–water partition coefficient (Wildman–Crippen LogP) is 6.35. The van der Waals surface area contributed by atoms with Crippen LogP contribution in [-0.2, 0) is 18.9 Å². The van der Waals surface area contributed by atoms with Crippen molar-refractivity contribution in [3.63, 3.8) is 0 Å². The van der Waals surface area contributed by atoms with E-state index in [-0.39, 0.29) is 45.0 Å². The number of pyridine rings is 1. The normalized spacial score (nSPS) is 12.0. The zero-order valence-electron chi connectivity index (χ0n) is 20.9. The van der Waals surface area contributed by atoms with Crippen LogP contribution in [0.25, 0.3) is 22.5 Å². The molecule has 42 heavy (non-hydrogen) atoms. The average Bonchev–Trinajstić information content (AvgIpc) is 3.35. The molecule has 0 saturated heterocycles. The van der Waals surface area contributed by atoms with E-state index in [0.717, 1.165) is 10.9 Å². The van der Waals surface area contributed by atoms with Crippen molar-refractivity contribution in [1.29, 1.82) is 0 Å². The van der Waals surface area contributed by atoms with Gasteiger partial charge in [0.25, 0.3) is 0 Å². The number of carbonyl (C=O) groups is 1. The fourth-order valence-corrected chi connectivity index (χ4v) is 4.48. The highest BCUT2D eigenvalue weighted by Crippen LogP contribution is 2.37. The smallest absolute Gasteiger partial charge is 0.397 e. The van der Waals surface area contributed by atoms with Crippen molar-refractivity contribution in [3.8, 4) is 22.5 Å². The Labute approximate surface area is 237 Å². The number of hydrogen-bond donors (Lipinski definition) is 1. The second-order valence-electron chi connectivity index (χ2n) is 8.93. The number of nitrogens with two attached hydrogens (primary N) is 1. The predicted molar refractivity (Wildman–Crippen MR) is 139 cm³/mol. The van der Waals surface area contributed by atoms with Gasteiger partial charge in [0, 0.05) is 23.5 Å². The van der Waals surface area contributed by atoms with Gasteiger partial charge in [0.2, 0.25) is 5.78 Å². The summed E-state index contributed by atoms with van der Waals surface area (Å²) in [7, 11) is 0. The van der Waals surface area contributed by atoms with Crippen molar-refractivity contribution in [2.75, 3.05) is 5.73 Å².